The number of rotatable bonds is 1. The van der Waals surface area contributed by atoms with E-state index in [0.29, 0.717) is 0 Å². The van der Waals surface area contributed by atoms with Gasteiger partial charge < -0.3 is 5.32 Å². The van der Waals surface area contributed by atoms with E-state index in [1.54, 1.807) is 0 Å². The van der Waals surface area contributed by atoms with Crippen molar-refractivity contribution in [2.75, 3.05) is 6.54 Å². The highest BCUT2D eigenvalue weighted by atomic mass is 16.2. The van der Waals surface area contributed by atoms with Gasteiger partial charge in [0.15, 0.2) is 0 Å². The van der Waals surface area contributed by atoms with Crippen LogP contribution in [0.4, 0.5) is 0 Å². The zero-order valence-electron chi connectivity index (χ0n) is 10.5. The average molecular weight is 243 g/mol. The van der Waals surface area contributed by atoms with Crippen LogP contribution in [0, 0.1) is 6.92 Å². The Bertz CT molecular complexity index is 588. The van der Waals surface area contributed by atoms with Crippen molar-refractivity contribution in [1.29, 1.82) is 0 Å². The maximum Gasteiger partial charge on any atom is 0.244 e. The van der Waals surface area contributed by atoms with Crippen molar-refractivity contribution in [1.82, 2.24) is 15.1 Å². The molecule has 1 atom stereocenters. The number of benzene rings is 1. The van der Waals surface area contributed by atoms with Crippen LogP contribution in [0.25, 0.3) is 10.9 Å². The number of nitrogens with zero attached hydrogens (tertiary/aromatic N) is 2. The zero-order valence-corrected chi connectivity index (χ0v) is 10.5. The number of hydrogen-bond donors (Lipinski definition) is 1. The van der Waals surface area contributed by atoms with Crippen molar-refractivity contribution >= 4 is 16.8 Å². The number of fused-ring (bicyclic) bond motifs is 1. The van der Waals surface area contributed by atoms with E-state index in [4.69, 9.17) is 0 Å². The fourth-order valence-electron chi connectivity index (χ4n) is 2.64. The molecule has 1 saturated heterocycles. The third kappa shape index (κ3) is 1.78. The van der Waals surface area contributed by atoms with Gasteiger partial charge in [0.1, 0.15) is 6.04 Å². The molecule has 0 bridgehead atoms. The van der Waals surface area contributed by atoms with E-state index in [9.17, 15) is 4.79 Å². The molecule has 3 rings (SSSR count). The van der Waals surface area contributed by atoms with Crippen LogP contribution in [0.1, 0.15) is 31.0 Å². The Labute approximate surface area is 106 Å². The molecular weight excluding hydrogens is 226 g/mol. The van der Waals surface area contributed by atoms with Crippen molar-refractivity contribution in [3.63, 3.8) is 0 Å². The lowest BCUT2D eigenvalue weighted by Crippen LogP contribution is -2.31. The van der Waals surface area contributed by atoms with Gasteiger partial charge in [-0.05, 0) is 32.3 Å². The maximum atomic E-state index is 12.1. The SMILES string of the molecule is Cc1nn(C2CCCCNC2=O)c2ccccc12. The Morgan fingerprint density at radius 3 is 3.06 bits per heavy atom. The lowest BCUT2D eigenvalue weighted by atomic mass is 10.1. The van der Waals surface area contributed by atoms with E-state index in [1.165, 1.54) is 0 Å². The van der Waals surface area contributed by atoms with Crippen molar-refractivity contribution in [2.45, 2.75) is 32.2 Å². The minimum absolute atomic E-state index is 0.0979. The van der Waals surface area contributed by atoms with Gasteiger partial charge in [-0.25, -0.2) is 0 Å². The summed E-state index contributed by atoms with van der Waals surface area (Å²) in [4.78, 5) is 12.1. The van der Waals surface area contributed by atoms with Crippen LogP contribution in [0.2, 0.25) is 0 Å². The molecule has 94 valence electrons. The van der Waals surface area contributed by atoms with E-state index >= 15 is 0 Å². The fraction of sp³-hybridized carbons (Fsp3) is 0.429. The number of carbonyl (C=O) groups excluding carboxylic acids is 1. The molecule has 0 radical (unpaired) electrons. The number of amides is 1. The van der Waals surface area contributed by atoms with E-state index < -0.39 is 0 Å². The second-order valence-electron chi connectivity index (χ2n) is 4.85. The number of aromatic nitrogens is 2. The van der Waals surface area contributed by atoms with Crippen LogP contribution >= 0.6 is 0 Å². The summed E-state index contributed by atoms with van der Waals surface area (Å²) in [5, 5.41) is 8.66. The lowest BCUT2D eigenvalue weighted by molar-refractivity contribution is -0.124. The summed E-state index contributed by atoms with van der Waals surface area (Å²) < 4.78 is 1.89. The van der Waals surface area contributed by atoms with Gasteiger partial charge >= 0.3 is 0 Å². The molecule has 1 aliphatic heterocycles. The molecule has 1 aromatic heterocycles. The van der Waals surface area contributed by atoms with E-state index in [2.05, 4.69) is 16.5 Å². The van der Waals surface area contributed by atoms with Gasteiger partial charge in [0.2, 0.25) is 5.91 Å². The average Bonchev–Trinajstić information content (AvgIpc) is 2.57. The number of hydrogen-bond acceptors (Lipinski definition) is 2. The minimum atomic E-state index is -0.161. The van der Waals surface area contributed by atoms with Crippen LogP contribution in [0.15, 0.2) is 24.3 Å². The van der Waals surface area contributed by atoms with Crippen LogP contribution in [0.3, 0.4) is 0 Å². The number of para-hydroxylation sites is 1. The van der Waals surface area contributed by atoms with E-state index in [0.717, 1.165) is 42.4 Å². The summed E-state index contributed by atoms with van der Waals surface area (Å²) in [6.07, 6.45) is 2.99. The Balaban J connectivity index is 2.10. The second-order valence-corrected chi connectivity index (χ2v) is 4.85. The molecule has 1 aliphatic rings. The summed E-state index contributed by atoms with van der Waals surface area (Å²) in [5.74, 6) is 0.0979. The van der Waals surface area contributed by atoms with Crippen molar-refractivity contribution < 1.29 is 4.79 Å². The smallest absolute Gasteiger partial charge is 0.244 e. The maximum absolute atomic E-state index is 12.1. The molecule has 4 nitrogen and oxygen atoms in total. The molecule has 1 unspecified atom stereocenters. The number of nitrogens with one attached hydrogen (secondary N) is 1. The van der Waals surface area contributed by atoms with Crippen molar-refractivity contribution in [3.8, 4) is 0 Å². The summed E-state index contributed by atoms with van der Waals surface area (Å²) >= 11 is 0. The molecule has 1 amide bonds. The van der Waals surface area contributed by atoms with E-state index in [-0.39, 0.29) is 11.9 Å². The quantitative estimate of drug-likeness (QED) is 0.834. The van der Waals surface area contributed by atoms with Crippen molar-refractivity contribution in [3.05, 3.63) is 30.0 Å². The first-order valence-corrected chi connectivity index (χ1v) is 6.49. The molecular formula is C14H17N3O. The highest BCUT2D eigenvalue weighted by Crippen LogP contribution is 2.25. The number of carbonyl (C=O) groups is 1. The molecule has 0 spiro atoms. The summed E-state index contributed by atoms with van der Waals surface area (Å²) in [7, 11) is 0. The first-order chi connectivity index (χ1) is 8.77. The van der Waals surface area contributed by atoms with Gasteiger partial charge in [-0.15, -0.1) is 0 Å². The van der Waals surface area contributed by atoms with Crippen molar-refractivity contribution in [2.24, 2.45) is 0 Å². The first-order valence-electron chi connectivity index (χ1n) is 6.49. The van der Waals surface area contributed by atoms with Gasteiger partial charge in [0, 0.05) is 11.9 Å². The first kappa shape index (κ1) is 11.3. The molecule has 0 aliphatic carbocycles. The highest BCUT2D eigenvalue weighted by Gasteiger charge is 2.24. The molecule has 18 heavy (non-hydrogen) atoms. The number of aryl methyl sites for hydroxylation is 1. The predicted molar refractivity (Wildman–Crippen MR) is 70.4 cm³/mol. The molecule has 1 fully saturated rings. The monoisotopic (exact) mass is 243 g/mol. The van der Waals surface area contributed by atoms with Gasteiger partial charge in [-0.1, -0.05) is 18.2 Å². The van der Waals surface area contributed by atoms with Gasteiger partial charge in [0.05, 0.1) is 11.2 Å². The Kier molecular flexibility index (Phi) is 2.78. The largest absolute Gasteiger partial charge is 0.354 e. The van der Waals surface area contributed by atoms with Gasteiger partial charge in [-0.2, -0.15) is 5.10 Å². The van der Waals surface area contributed by atoms with Gasteiger partial charge in [0.25, 0.3) is 0 Å². The molecule has 1 aromatic carbocycles. The predicted octanol–water partition coefficient (Wildman–Crippen LogP) is 2.19. The molecule has 2 aromatic rings. The Morgan fingerprint density at radius 1 is 1.33 bits per heavy atom. The Hall–Kier alpha value is -1.84. The standard InChI is InChI=1S/C14H17N3O/c1-10-11-6-2-3-7-12(11)17(16-10)13-8-4-5-9-15-14(13)18/h2-3,6-7,13H,4-5,8-9H2,1H3,(H,15,18). The van der Waals surface area contributed by atoms with Gasteiger partial charge in [-0.3, -0.25) is 9.48 Å². The third-order valence-corrected chi connectivity index (χ3v) is 3.60. The summed E-state index contributed by atoms with van der Waals surface area (Å²) in [6.45, 7) is 2.78. The zero-order chi connectivity index (χ0) is 12.5. The van der Waals surface area contributed by atoms with Crippen LogP contribution in [0.5, 0.6) is 0 Å². The second kappa shape index (κ2) is 4.44. The molecule has 0 saturated carbocycles. The minimum Gasteiger partial charge on any atom is -0.354 e. The molecule has 2 heterocycles. The molecule has 4 heteroatoms. The highest BCUT2D eigenvalue weighted by molar-refractivity contribution is 5.86. The fourth-order valence-corrected chi connectivity index (χ4v) is 2.64. The summed E-state index contributed by atoms with van der Waals surface area (Å²) in [5.41, 5.74) is 2.04. The Morgan fingerprint density at radius 2 is 2.17 bits per heavy atom. The topological polar surface area (TPSA) is 46.9 Å². The lowest BCUT2D eigenvalue weighted by Gasteiger charge is -2.14. The van der Waals surface area contributed by atoms with E-state index in [1.807, 2.05) is 29.8 Å². The normalized spacial score (nSPS) is 20.7. The summed E-state index contributed by atoms with van der Waals surface area (Å²) in [6, 6.07) is 7.94. The molecule has 1 N–H and O–H groups in total. The van der Waals surface area contributed by atoms with Crippen LogP contribution < -0.4 is 5.32 Å². The van der Waals surface area contributed by atoms with Crippen LogP contribution in [-0.4, -0.2) is 22.2 Å². The van der Waals surface area contributed by atoms with Crippen LogP contribution in [-0.2, 0) is 4.79 Å². The third-order valence-electron chi connectivity index (χ3n) is 3.60.